The zero-order valence-electron chi connectivity index (χ0n) is 11.9. The summed E-state index contributed by atoms with van der Waals surface area (Å²) in [6, 6.07) is -0.404. The monoisotopic (exact) mass is 271 g/mol. The first kappa shape index (κ1) is 15.9. The minimum atomic E-state index is -0.571. The van der Waals surface area contributed by atoms with E-state index in [1.165, 1.54) is 0 Å². The first-order chi connectivity index (χ1) is 8.93. The Kier molecular flexibility index (Phi) is 6.24. The lowest BCUT2D eigenvalue weighted by Gasteiger charge is -2.35. The molecule has 2 amide bonds. The second-order valence-corrected chi connectivity index (χ2v) is 5.30. The van der Waals surface area contributed by atoms with Crippen molar-refractivity contribution in [3.63, 3.8) is 0 Å². The predicted octanol–water partition coefficient (Wildman–Crippen LogP) is -0.230. The zero-order chi connectivity index (χ0) is 14.4. The van der Waals surface area contributed by atoms with E-state index in [4.69, 9.17) is 10.5 Å². The van der Waals surface area contributed by atoms with Gasteiger partial charge in [-0.15, -0.1) is 0 Å². The summed E-state index contributed by atoms with van der Waals surface area (Å²) in [5.41, 5.74) is 5.68. The SMILES string of the molecule is CCOC1CC(NC(=O)CNC(=O)[C@@H](N)C(C)C)C1. The Morgan fingerprint density at radius 3 is 2.53 bits per heavy atom. The lowest BCUT2D eigenvalue weighted by molar-refractivity contribution is -0.128. The van der Waals surface area contributed by atoms with Crippen LogP contribution in [0.25, 0.3) is 0 Å². The highest BCUT2D eigenvalue weighted by Gasteiger charge is 2.30. The van der Waals surface area contributed by atoms with Gasteiger partial charge in [-0.2, -0.15) is 0 Å². The van der Waals surface area contributed by atoms with E-state index in [-0.39, 0.29) is 36.4 Å². The average Bonchev–Trinajstić information content (AvgIpc) is 2.32. The fraction of sp³-hybridized carbons (Fsp3) is 0.846. The molecule has 6 heteroatoms. The van der Waals surface area contributed by atoms with E-state index in [1.807, 2.05) is 20.8 Å². The number of rotatable bonds is 7. The van der Waals surface area contributed by atoms with Crippen LogP contribution in [0.1, 0.15) is 33.6 Å². The zero-order valence-corrected chi connectivity index (χ0v) is 11.9. The molecule has 0 unspecified atom stereocenters. The van der Waals surface area contributed by atoms with E-state index < -0.39 is 6.04 Å². The maximum absolute atomic E-state index is 11.6. The second-order valence-electron chi connectivity index (χ2n) is 5.30. The van der Waals surface area contributed by atoms with Gasteiger partial charge in [-0.3, -0.25) is 9.59 Å². The number of nitrogens with two attached hydrogens (primary N) is 1. The molecular formula is C13H25N3O3. The maximum atomic E-state index is 11.6. The Labute approximate surface area is 114 Å². The summed E-state index contributed by atoms with van der Waals surface area (Å²) in [4.78, 5) is 23.2. The van der Waals surface area contributed by atoms with Gasteiger partial charge in [0.2, 0.25) is 11.8 Å². The molecule has 1 aliphatic carbocycles. The van der Waals surface area contributed by atoms with Crippen molar-refractivity contribution in [2.24, 2.45) is 11.7 Å². The molecule has 0 spiro atoms. The molecule has 1 rings (SSSR count). The number of carbonyl (C=O) groups excluding carboxylic acids is 2. The summed E-state index contributed by atoms with van der Waals surface area (Å²) in [5.74, 6) is -0.406. The first-order valence-corrected chi connectivity index (χ1v) is 6.88. The van der Waals surface area contributed by atoms with E-state index >= 15 is 0 Å². The van der Waals surface area contributed by atoms with E-state index in [9.17, 15) is 9.59 Å². The summed E-state index contributed by atoms with van der Waals surface area (Å²) < 4.78 is 5.41. The van der Waals surface area contributed by atoms with Gasteiger partial charge in [0.15, 0.2) is 0 Å². The molecule has 0 heterocycles. The fourth-order valence-electron chi connectivity index (χ4n) is 1.92. The van der Waals surface area contributed by atoms with E-state index in [0.29, 0.717) is 6.61 Å². The summed E-state index contributed by atoms with van der Waals surface area (Å²) in [5, 5.41) is 5.40. The Bertz CT molecular complexity index is 314. The molecule has 1 atom stereocenters. The van der Waals surface area contributed by atoms with Crippen LogP contribution in [0.4, 0.5) is 0 Å². The largest absolute Gasteiger partial charge is 0.378 e. The lowest BCUT2D eigenvalue weighted by atomic mass is 9.89. The molecular weight excluding hydrogens is 246 g/mol. The molecule has 0 aromatic carbocycles. The van der Waals surface area contributed by atoms with Gasteiger partial charge in [-0.1, -0.05) is 13.8 Å². The number of carbonyl (C=O) groups is 2. The standard InChI is InChI=1S/C13H25N3O3/c1-4-19-10-5-9(6-10)16-11(17)7-15-13(18)12(14)8(2)3/h8-10,12H,4-7,14H2,1-3H3,(H,15,18)(H,16,17)/t9?,10?,12-/m0/s1. The lowest BCUT2D eigenvalue weighted by Crippen LogP contribution is -2.52. The van der Waals surface area contributed by atoms with Crippen molar-refractivity contribution in [3.8, 4) is 0 Å². The first-order valence-electron chi connectivity index (χ1n) is 6.88. The molecule has 0 bridgehead atoms. The molecule has 0 saturated heterocycles. The molecule has 1 fully saturated rings. The van der Waals surface area contributed by atoms with Gasteiger partial charge in [-0.05, 0) is 25.7 Å². The molecule has 1 aliphatic rings. The number of hydrogen-bond acceptors (Lipinski definition) is 4. The average molecular weight is 271 g/mol. The third-order valence-electron chi connectivity index (χ3n) is 3.31. The van der Waals surface area contributed by atoms with Crippen LogP contribution in [0.15, 0.2) is 0 Å². The van der Waals surface area contributed by atoms with Crippen molar-refractivity contribution in [2.75, 3.05) is 13.2 Å². The van der Waals surface area contributed by atoms with Crippen molar-refractivity contribution < 1.29 is 14.3 Å². The highest BCUT2D eigenvalue weighted by molar-refractivity contribution is 5.87. The van der Waals surface area contributed by atoms with Crippen LogP contribution < -0.4 is 16.4 Å². The normalized spacial score (nSPS) is 23.6. The Morgan fingerprint density at radius 2 is 2.00 bits per heavy atom. The molecule has 4 N–H and O–H groups in total. The molecule has 6 nitrogen and oxygen atoms in total. The summed E-state index contributed by atoms with van der Waals surface area (Å²) in [6.45, 7) is 6.38. The number of ether oxygens (including phenoxy) is 1. The molecule has 19 heavy (non-hydrogen) atoms. The van der Waals surface area contributed by atoms with Gasteiger partial charge >= 0.3 is 0 Å². The Morgan fingerprint density at radius 1 is 1.37 bits per heavy atom. The van der Waals surface area contributed by atoms with Crippen molar-refractivity contribution in [3.05, 3.63) is 0 Å². The number of nitrogens with one attached hydrogen (secondary N) is 2. The molecule has 110 valence electrons. The molecule has 0 radical (unpaired) electrons. The van der Waals surface area contributed by atoms with E-state index in [1.54, 1.807) is 0 Å². The quantitative estimate of drug-likeness (QED) is 0.596. The summed E-state index contributed by atoms with van der Waals surface area (Å²) in [7, 11) is 0. The van der Waals surface area contributed by atoms with Crippen LogP contribution in [0.3, 0.4) is 0 Å². The third-order valence-corrected chi connectivity index (χ3v) is 3.31. The van der Waals surface area contributed by atoms with Crippen LogP contribution in [-0.4, -0.2) is 43.2 Å². The highest BCUT2D eigenvalue weighted by Crippen LogP contribution is 2.22. The third kappa shape index (κ3) is 5.16. The maximum Gasteiger partial charge on any atom is 0.239 e. The van der Waals surface area contributed by atoms with Gasteiger partial charge in [-0.25, -0.2) is 0 Å². The molecule has 1 saturated carbocycles. The minimum absolute atomic E-state index is 0.0188. The van der Waals surface area contributed by atoms with Crippen LogP contribution in [0.5, 0.6) is 0 Å². The fourth-order valence-corrected chi connectivity index (χ4v) is 1.92. The minimum Gasteiger partial charge on any atom is -0.378 e. The van der Waals surface area contributed by atoms with Crippen LogP contribution in [-0.2, 0) is 14.3 Å². The Hall–Kier alpha value is -1.14. The predicted molar refractivity (Wildman–Crippen MR) is 72.4 cm³/mol. The molecule has 0 aromatic rings. The van der Waals surface area contributed by atoms with Gasteiger partial charge < -0.3 is 21.1 Å². The van der Waals surface area contributed by atoms with Crippen molar-refractivity contribution in [2.45, 2.75) is 51.8 Å². The summed E-state index contributed by atoms with van der Waals surface area (Å²) in [6.07, 6.45) is 1.96. The Balaban J connectivity index is 2.14. The van der Waals surface area contributed by atoms with Gasteiger partial charge in [0.25, 0.3) is 0 Å². The summed E-state index contributed by atoms with van der Waals surface area (Å²) >= 11 is 0. The van der Waals surface area contributed by atoms with Crippen LogP contribution in [0, 0.1) is 5.92 Å². The number of amides is 2. The molecule has 0 aromatic heterocycles. The number of hydrogen-bond donors (Lipinski definition) is 3. The van der Waals surface area contributed by atoms with Gasteiger partial charge in [0, 0.05) is 12.6 Å². The molecule has 0 aliphatic heterocycles. The second kappa shape index (κ2) is 7.45. The van der Waals surface area contributed by atoms with Crippen molar-refractivity contribution in [1.82, 2.24) is 10.6 Å². The smallest absolute Gasteiger partial charge is 0.239 e. The van der Waals surface area contributed by atoms with E-state index in [0.717, 1.165) is 12.8 Å². The van der Waals surface area contributed by atoms with Crippen LogP contribution in [0.2, 0.25) is 0 Å². The van der Waals surface area contributed by atoms with Gasteiger partial charge in [0.05, 0.1) is 18.7 Å². The van der Waals surface area contributed by atoms with Gasteiger partial charge in [0.1, 0.15) is 0 Å². The highest BCUT2D eigenvalue weighted by atomic mass is 16.5. The van der Waals surface area contributed by atoms with E-state index in [2.05, 4.69) is 10.6 Å². The topological polar surface area (TPSA) is 93.5 Å². The van der Waals surface area contributed by atoms with Crippen LogP contribution >= 0.6 is 0 Å². The van der Waals surface area contributed by atoms with Crippen molar-refractivity contribution in [1.29, 1.82) is 0 Å². The van der Waals surface area contributed by atoms with Crippen molar-refractivity contribution >= 4 is 11.8 Å².